The molecule has 3 saturated carbocycles. The standard InChI is InChI=1S/C23H32N2O2/c1-5-7-9-19(6-2)27-20-10-8-17-25(21(20)24-4)18(3)22-11-14-23(26,15-12-22)16-13-22/h6-10,17,26H,3,5,11-16H2,1-2,4H3/b9-7-,19-6+,24-21?. The highest BCUT2D eigenvalue weighted by molar-refractivity contribution is 5.51. The average Bonchev–Trinajstić information content (AvgIpc) is 2.71. The molecule has 0 radical (unpaired) electrons. The lowest BCUT2D eigenvalue weighted by molar-refractivity contribution is -0.0741. The van der Waals surface area contributed by atoms with Crippen LogP contribution in [0.4, 0.5) is 0 Å². The number of allylic oxidation sites excluding steroid dienone is 4. The van der Waals surface area contributed by atoms with Gasteiger partial charge in [0.2, 0.25) is 0 Å². The molecule has 3 fully saturated rings. The van der Waals surface area contributed by atoms with Crippen LogP contribution in [0, 0.1) is 5.41 Å². The normalized spacial score (nSPS) is 28.7. The van der Waals surface area contributed by atoms with Crippen molar-refractivity contribution in [3.05, 3.63) is 54.4 Å². The average molecular weight is 369 g/mol. The van der Waals surface area contributed by atoms with Crippen LogP contribution >= 0.6 is 0 Å². The smallest absolute Gasteiger partial charge is 0.175 e. The van der Waals surface area contributed by atoms with Gasteiger partial charge in [0, 0.05) is 24.4 Å². The summed E-state index contributed by atoms with van der Waals surface area (Å²) in [5, 5.41) is 10.5. The Bertz CT molecular complexity index is 804. The summed E-state index contributed by atoms with van der Waals surface area (Å²) in [5.74, 6) is 1.54. The summed E-state index contributed by atoms with van der Waals surface area (Å²) in [7, 11) is 1.79. The van der Waals surface area contributed by atoms with Gasteiger partial charge in [-0.1, -0.05) is 19.6 Å². The lowest BCUT2D eigenvalue weighted by Crippen LogP contribution is -2.47. The molecule has 2 bridgehead atoms. The topological polar surface area (TPSA) is 46.8 Å². The van der Waals surface area contributed by atoms with E-state index in [0.717, 1.165) is 67.6 Å². The number of rotatable bonds is 6. The molecule has 1 aromatic heterocycles. The Kier molecular flexibility index (Phi) is 5.75. The first kappa shape index (κ1) is 19.7. The molecule has 3 aliphatic rings. The predicted octanol–water partition coefficient (Wildman–Crippen LogP) is 4.82. The van der Waals surface area contributed by atoms with Crippen LogP contribution in [0.3, 0.4) is 0 Å². The highest BCUT2D eigenvalue weighted by Gasteiger charge is 2.49. The van der Waals surface area contributed by atoms with Gasteiger partial charge < -0.3 is 14.4 Å². The zero-order valence-electron chi connectivity index (χ0n) is 16.9. The number of aliphatic hydroxyl groups is 1. The number of ether oxygens (including phenoxy) is 1. The summed E-state index contributed by atoms with van der Waals surface area (Å²) >= 11 is 0. The fourth-order valence-electron chi connectivity index (χ4n) is 4.40. The Morgan fingerprint density at radius 2 is 1.96 bits per heavy atom. The van der Waals surface area contributed by atoms with E-state index in [4.69, 9.17) is 4.74 Å². The molecule has 27 heavy (non-hydrogen) atoms. The fraction of sp³-hybridized carbons (Fsp3) is 0.522. The van der Waals surface area contributed by atoms with Crippen LogP contribution < -0.4 is 10.2 Å². The van der Waals surface area contributed by atoms with E-state index in [2.05, 4.69) is 29.1 Å². The van der Waals surface area contributed by atoms with E-state index in [9.17, 15) is 5.11 Å². The van der Waals surface area contributed by atoms with Crippen LogP contribution in [0.2, 0.25) is 0 Å². The Morgan fingerprint density at radius 1 is 1.30 bits per heavy atom. The third-order valence-electron chi connectivity index (χ3n) is 6.28. The van der Waals surface area contributed by atoms with E-state index in [0.29, 0.717) is 0 Å². The first-order valence-corrected chi connectivity index (χ1v) is 10.0. The molecule has 4 nitrogen and oxygen atoms in total. The second-order valence-corrected chi connectivity index (χ2v) is 7.84. The lowest BCUT2D eigenvalue weighted by atomic mass is 9.57. The van der Waals surface area contributed by atoms with Crippen molar-refractivity contribution in [1.82, 2.24) is 4.57 Å². The molecule has 0 spiro atoms. The molecule has 1 heterocycles. The first-order valence-electron chi connectivity index (χ1n) is 10.0. The minimum absolute atomic E-state index is 0.0543. The monoisotopic (exact) mass is 368 g/mol. The van der Waals surface area contributed by atoms with Crippen molar-refractivity contribution in [3.63, 3.8) is 0 Å². The van der Waals surface area contributed by atoms with E-state index in [1.807, 2.05) is 37.4 Å². The molecule has 1 aromatic rings. The second-order valence-electron chi connectivity index (χ2n) is 7.84. The van der Waals surface area contributed by atoms with Gasteiger partial charge in [0.1, 0.15) is 5.76 Å². The highest BCUT2D eigenvalue weighted by atomic mass is 16.5. The van der Waals surface area contributed by atoms with Gasteiger partial charge in [0.25, 0.3) is 0 Å². The van der Waals surface area contributed by atoms with Crippen molar-refractivity contribution in [2.24, 2.45) is 10.4 Å². The molecule has 146 valence electrons. The molecule has 4 rings (SSSR count). The molecular formula is C23H32N2O2. The molecule has 0 amide bonds. The van der Waals surface area contributed by atoms with Gasteiger partial charge in [-0.25, -0.2) is 0 Å². The Balaban J connectivity index is 1.93. The fourth-order valence-corrected chi connectivity index (χ4v) is 4.40. The molecule has 4 heteroatoms. The van der Waals surface area contributed by atoms with E-state index < -0.39 is 5.60 Å². The van der Waals surface area contributed by atoms with E-state index in [1.54, 1.807) is 7.05 Å². The maximum Gasteiger partial charge on any atom is 0.175 e. The number of hydrogen-bond acceptors (Lipinski definition) is 3. The number of fused-ring (bicyclic) bond motifs is 3. The summed E-state index contributed by atoms with van der Waals surface area (Å²) in [6, 6.07) is 3.94. The van der Waals surface area contributed by atoms with Gasteiger partial charge in [-0.15, -0.1) is 0 Å². The molecule has 0 aliphatic heterocycles. The van der Waals surface area contributed by atoms with Gasteiger partial charge in [0.05, 0.1) is 5.60 Å². The Morgan fingerprint density at radius 3 is 2.52 bits per heavy atom. The summed E-state index contributed by atoms with van der Waals surface area (Å²) in [6.07, 6.45) is 14.6. The molecule has 0 unspecified atom stereocenters. The van der Waals surface area contributed by atoms with Crippen molar-refractivity contribution < 1.29 is 9.84 Å². The minimum atomic E-state index is -0.442. The summed E-state index contributed by atoms with van der Waals surface area (Å²) < 4.78 is 8.22. The van der Waals surface area contributed by atoms with Crippen LogP contribution in [-0.4, -0.2) is 22.3 Å². The van der Waals surface area contributed by atoms with Crippen LogP contribution in [0.1, 0.15) is 58.8 Å². The van der Waals surface area contributed by atoms with Crippen molar-refractivity contribution in [2.45, 2.75) is 64.4 Å². The summed E-state index contributed by atoms with van der Waals surface area (Å²) in [6.45, 7) is 8.55. The summed E-state index contributed by atoms with van der Waals surface area (Å²) in [5.41, 5.74) is 1.47. The van der Waals surface area contributed by atoms with E-state index in [-0.39, 0.29) is 5.41 Å². The summed E-state index contributed by atoms with van der Waals surface area (Å²) in [4.78, 5) is 4.52. The van der Waals surface area contributed by atoms with Gasteiger partial charge in [0.15, 0.2) is 11.2 Å². The predicted molar refractivity (Wildman–Crippen MR) is 110 cm³/mol. The quantitative estimate of drug-likeness (QED) is 0.578. The van der Waals surface area contributed by atoms with Crippen LogP contribution in [0.5, 0.6) is 5.75 Å². The van der Waals surface area contributed by atoms with Gasteiger partial charge >= 0.3 is 0 Å². The van der Waals surface area contributed by atoms with Crippen molar-refractivity contribution in [1.29, 1.82) is 0 Å². The largest absolute Gasteiger partial charge is 0.454 e. The Labute approximate surface area is 162 Å². The number of aromatic nitrogens is 1. The molecule has 1 N–H and O–H groups in total. The third-order valence-corrected chi connectivity index (χ3v) is 6.28. The van der Waals surface area contributed by atoms with E-state index >= 15 is 0 Å². The minimum Gasteiger partial charge on any atom is -0.454 e. The molecule has 0 saturated heterocycles. The van der Waals surface area contributed by atoms with Gasteiger partial charge in [-0.05, 0) is 76.2 Å². The second kappa shape index (κ2) is 7.89. The third kappa shape index (κ3) is 3.81. The van der Waals surface area contributed by atoms with Crippen molar-refractivity contribution >= 4 is 5.70 Å². The van der Waals surface area contributed by atoms with E-state index in [1.165, 1.54) is 0 Å². The van der Waals surface area contributed by atoms with Gasteiger partial charge in [-0.2, -0.15) is 0 Å². The number of pyridine rings is 1. The highest BCUT2D eigenvalue weighted by Crippen LogP contribution is 2.56. The van der Waals surface area contributed by atoms with Crippen molar-refractivity contribution in [3.8, 4) is 5.75 Å². The van der Waals surface area contributed by atoms with Crippen LogP contribution in [0.25, 0.3) is 5.70 Å². The zero-order chi connectivity index (χ0) is 19.5. The maximum absolute atomic E-state index is 10.5. The maximum atomic E-state index is 10.5. The lowest BCUT2D eigenvalue weighted by Gasteiger charge is -2.52. The number of hydrogen-bond donors (Lipinski definition) is 1. The molecule has 0 aromatic carbocycles. The molecule has 0 atom stereocenters. The molecular weight excluding hydrogens is 336 g/mol. The molecule has 3 aliphatic carbocycles. The number of nitrogens with zero attached hydrogens (tertiary/aromatic N) is 2. The zero-order valence-corrected chi connectivity index (χ0v) is 16.9. The first-order chi connectivity index (χ1) is 13.0. The van der Waals surface area contributed by atoms with Crippen LogP contribution in [-0.2, 0) is 0 Å². The SMILES string of the molecule is C=C(n1cccc(OC(/C=C\CC)=C/C)c1=NC)C12CCC(O)(CC1)CC2. The van der Waals surface area contributed by atoms with Gasteiger partial charge in [-0.3, -0.25) is 4.99 Å². The Hall–Kier alpha value is -2.07. The van der Waals surface area contributed by atoms with Crippen molar-refractivity contribution in [2.75, 3.05) is 7.05 Å². The van der Waals surface area contributed by atoms with Crippen LogP contribution in [0.15, 0.2) is 53.9 Å².